The van der Waals surface area contributed by atoms with Crippen LogP contribution >= 0.6 is 0 Å². The number of carbonyl (C=O) groups excluding carboxylic acids is 1. The average Bonchev–Trinajstić information content (AvgIpc) is 1.81. The molecule has 0 atom stereocenters. The Kier molecular flexibility index (Phi) is 2.04. The highest BCUT2D eigenvalue weighted by molar-refractivity contribution is 5.86. The predicted molar refractivity (Wildman–Crippen MR) is 41.4 cm³/mol. The molecular formula is C5H7N5O2. The molecule has 0 saturated carbocycles. The first-order chi connectivity index (χ1) is 5.58. The van der Waals surface area contributed by atoms with E-state index in [1.807, 2.05) is 0 Å². The number of nitrogens with one attached hydrogen (secondary N) is 2. The third-order valence-corrected chi connectivity index (χ3v) is 0.957. The van der Waals surface area contributed by atoms with E-state index in [0.717, 1.165) is 0 Å². The quantitative estimate of drug-likeness (QED) is 0.483. The van der Waals surface area contributed by atoms with Gasteiger partial charge < -0.3 is 5.73 Å². The van der Waals surface area contributed by atoms with Gasteiger partial charge in [-0.25, -0.2) is 4.79 Å². The number of hydrogen-bond acceptors (Lipinski definition) is 5. The lowest BCUT2D eigenvalue weighted by Gasteiger charge is -1.98. The van der Waals surface area contributed by atoms with Gasteiger partial charge in [0, 0.05) is 6.92 Å². The van der Waals surface area contributed by atoms with Gasteiger partial charge >= 0.3 is 5.69 Å². The zero-order valence-corrected chi connectivity index (χ0v) is 6.29. The van der Waals surface area contributed by atoms with Crippen LogP contribution in [0, 0.1) is 0 Å². The number of nitrogens with zero attached hydrogens (tertiary/aromatic N) is 2. The number of carbonyl (C=O) groups is 1. The molecule has 0 saturated heterocycles. The van der Waals surface area contributed by atoms with E-state index in [-0.39, 0.29) is 17.8 Å². The van der Waals surface area contributed by atoms with Crippen molar-refractivity contribution in [3.8, 4) is 0 Å². The molecule has 0 radical (unpaired) electrons. The minimum Gasteiger partial charge on any atom is -0.369 e. The van der Waals surface area contributed by atoms with E-state index in [1.54, 1.807) is 0 Å². The summed E-state index contributed by atoms with van der Waals surface area (Å²) in [5, 5.41) is 2.23. The van der Waals surface area contributed by atoms with Gasteiger partial charge in [0.1, 0.15) is 0 Å². The predicted octanol–water partition coefficient (Wildman–Crippen LogP) is -1.29. The van der Waals surface area contributed by atoms with Gasteiger partial charge in [-0.05, 0) is 0 Å². The summed E-state index contributed by atoms with van der Waals surface area (Å²) in [7, 11) is 0. The molecule has 1 heterocycles. The van der Waals surface area contributed by atoms with E-state index in [2.05, 4.69) is 20.3 Å². The third-order valence-electron chi connectivity index (χ3n) is 0.957. The molecule has 0 aliphatic rings. The first kappa shape index (κ1) is 8.18. The molecule has 64 valence electrons. The molecule has 0 aliphatic carbocycles. The molecule has 0 aliphatic heterocycles. The van der Waals surface area contributed by atoms with Gasteiger partial charge in [0.25, 0.3) is 0 Å². The second-order valence-electron chi connectivity index (χ2n) is 2.04. The lowest BCUT2D eigenvalue weighted by molar-refractivity contribution is -0.114. The Morgan fingerprint density at radius 1 is 1.58 bits per heavy atom. The molecule has 0 unspecified atom stereocenters. The van der Waals surface area contributed by atoms with E-state index in [4.69, 9.17) is 5.73 Å². The summed E-state index contributed by atoms with van der Waals surface area (Å²) >= 11 is 0. The van der Waals surface area contributed by atoms with Crippen molar-refractivity contribution >= 4 is 17.8 Å². The molecule has 7 nitrogen and oxygen atoms in total. The van der Waals surface area contributed by atoms with Crippen LogP contribution in [0.15, 0.2) is 4.79 Å². The zero-order chi connectivity index (χ0) is 9.14. The summed E-state index contributed by atoms with van der Waals surface area (Å²) in [5.74, 6) is -0.539. The standard InChI is InChI=1S/C5H7N5O2/c1-2(11)7-4-8-3(6)9-5(12)10-4/h1H3,(H4,6,7,8,9,10,11,12). The SMILES string of the molecule is CC(=O)Nc1nc(N)[nH]c(=O)n1. The van der Waals surface area contributed by atoms with Crippen LogP contribution in [0.5, 0.6) is 0 Å². The van der Waals surface area contributed by atoms with Crippen molar-refractivity contribution in [2.24, 2.45) is 0 Å². The number of aromatic nitrogens is 3. The lowest BCUT2D eigenvalue weighted by atomic mass is 10.7. The number of amides is 1. The van der Waals surface area contributed by atoms with E-state index in [0.29, 0.717) is 0 Å². The molecule has 0 bridgehead atoms. The van der Waals surface area contributed by atoms with Crippen molar-refractivity contribution in [3.63, 3.8) is 0 Å². The van der Waals surface area contributed by atoms with E-state index >= 15 is 0 Å². The molecule has 0 fully saturated rings. The fourth-order valence-electron chi connectivity index (χ4n) is 0.614. The van der Waals surface area contributed by atoms with Crippen molar-refractivity contribution in [1.82, 2.24) is 15.0 Å². The number of nitrogen functional groups attached to an aromatic ring is 1. The summed E-state index contributed by atoms with van der Waals surface area (Å²) < 4.78 is 0. The normalized spacial score (nSPS) is 9.42. The Morgan fingerprint density at radius 2 is 2.25 bits per heavy atom. The molecule has 12 heavy (non-hydrogen) atoms. The number of aromatic amines is 1. The number of H-pyrrole nitrogens is 1. The van der Waals surface area contributed by atoms with Gasteiger partial charge in [-0.2, -0.15) is 9.97 Å². The van der Waals surface area contributed by atoms with Crippen LogP contribution in [0.3, 0.4) is 0 Å². The molecule has 1 aromatic rings. The molecule has 1 rings (SSSR count). The molecule has 7 heteroatoms. The van der Waals surface area contributed by atoms with E-state index in [1.165, 1.54) is 6.92 Å². The second-order valence-corrected chi connectivity index (χ2v) is 2.04. The highest BCUT2D eigenvalue weighted by Gasteiger charge is 2.00. The van der Waals surface area contributed by atoms with Crippen molar-refractivity contribution in [2.45, 2.75) is 6.92 Å². The van der Waals surface area contributed by atoms with Crippen molar-refractivity contribution in [3.05, 3.63) is 10.5 Å². The lowest BCUT2D eigenvalue weighted by Crippen LogP contribution is -2.19. The summed E-state index contributed by atoms with van der Waals surface area (Å²) in [6, 6.07) is 0. The minimum atomic E-state index is -0.647. The van der Waals surface area contributed by atoms with Crippen LogP contribution in [-0.2, 0) is 4.79 Å². The van der Waals surface area contributed by atoms with Gasteiger partial charge in [-0.1, -0.05) is 0 Å². The average molecular weight is 169 g/mol. The number of hydrogen-bond donors (Lipinski definition) is 3. The number of nitrogens with two attached hydrogens (primary N) is 1. The van der Waals surface area contributed by atoms with E-state index < -0.39 is 5.69 Å². The van der Waals surface area contributed by atoms with Crippen LogP contribution in [0.2, 0.25) is 0 Å². The highest BCUT2D eigenvalue weighted by Crippen LogP contribution is 1.93. The van der Waals surface area contributed by atoms with Crippen molar-refractivity contribution in [2.75, 3.05) is 11.1 Å². The largest absolute Gasteiger partial charge is 0.369 e. The minimum absolute atomic E-state index is 0.0845. The molecule has 0 aromatic carbocycles. The Morgan fingerprint density at radius 3 is 2.75 bits per heavy atom. The first-order valence-corrected chi connectivity index (χ1v) is 3.09. The first-order valence-electron chi connectivity index (χ1n) is 3.09. The smallest absolute Gasteiger partial charge is 0.350 e. The van der Waals surface area contributed by atoms with Gasteiger partial charge in [-0.15, -0.1) is 0 Å². The summed E-state index contributed by atoms with van der Waals surface area (Å²) in [4.78, 5) is 30.2. The van der Waals surface area contributed by atoms with Gasteiger partial charge in [0.05, 0.1) is 0 Å². The Labute approximate surface area is 67.0 Å². The molecule has 4 N–H and O–H groups in total. The monoisotopic (exact) mass is 169 g/mol. The highest BCUT2D eigenvalue weighted by atomic mass is 16.2. The Balaban J connectivity index is 3.01. The fraction of sp³-hybridized carbons (Fsp3) is 0.200. The van der Waals surface area contributed by atoms with Crippen LogP contribution < -0.4 is 16.7 Å². The molecule has 1 aromatic heterocycles. The molecule has 0 spiro atoms. The number of rotatable bonds is 1. The maximum atomic E-state index is 10.7. The van der Waals surface area contributed by atoms with Crippen LogP contribution in [0.25, 0.3) is 0 Å². The second kappa shape index (κ2) is 2.99. The summed E-state index contributed by atoms with van der Waals surface area (Å²) in [6.07, 6.45) is 0. The topological polar surface area (TPSA) is 114 Å². The fourth-order valence-corrected chi connectivity index (χ4v) is 0.614. The van der Waals surface area contributed by atoms with Crippen LogP contribution in [0.1, 0.15) is 6.92 Å². The molecule has 1 amide bonds. The van der Waals surface area contributed by atoms with Gasteiger partial charge in [-0.3, -0.25) is 15.1 Å². The van der Waals surface area contributed by atoms with Crippen molar-refractivity contribution < 1.29 is 4.79 Å². The molecular weight excluding hydrogens is 162 g/mol. The Hall–Kier alpha value is -1.92. The van der Waals surface area contributed by atoms with E-state index in [9.17, 15) is 9.59 Å². The van der Waals surface area contributed by atoms with Crippen LogP contribution in [-0.4, -0.2) is 20.9 Å². The van der Waals surface area contributed by atoms with Gasteiger partial charge in [0.15, 0.2) is 0 Å². The number of anilines is 2. The van der Waals surface area contributed by atoms with Crippen LogP contribution in [0.4, 0.5) is 11.9 Å². The van der Waals surface area contributed by atoms with Crippen molar-refractivity contribution in [1.29, 1.82) is 0 Å². The Bertz CT molecular complexity index is 357. The summed E-state index contributed by atoms with van der Waals surface area (Å²) in [5.41, 5.74) is 4.53. The third kappa shape index (κ3) is 2.04. The maximum absolute atomic E-state index is 10.7. The maximum Gasteiger partial charge on any atom is 0.350 e. The zero-order valence-electron chi connectivity index (χ0n) is 6.29. The summed E-state index contributed by atoms with van der Waals surface area (Å²) in [6.45, 7) is 1.28. The van der Waals surface area contributed by atoms with Gasteiger partial charge in [0.2, 0.25) is 17.8 Å².